The van der Waals surface area contributed by atoms with Crippen LogP contribution in [-0.4, -0.2) is 38.9 Å². The molecule has 30 heavy (non-hydrogen) atoms. The molecular weight excluding hydrogens is 380 g/mol. The first-order chi connectivity index (χ1) is 14.5. The molecule has 0 radical (unpaired) electrons. The van der Waals surface area contributed by atoms with Gasteiger partial charge in [0.2, 0.25) is 5.91 Å². The molecule has 0 aliphatic carbocycles. The molecule has 0 aromatic heterocycles. The molecule has 0 fully saturated rings. The molecule has 2 aromatic carbocycles. The third-order valence-electron chi connectivity index (χ3n) is 4.87. The van der Waals surface area contributed by atoms with Crippen molar-refractivity contribution in [1.29, 1.82) is 5.26 Å². The number of allylic oxidation sites excluding steroid dienone is 1. The van der Waals surface area contributed by atoms with Gasteiger partial charge in [0, 0.05) is 26.9 Å². The number of nitrogens with one attached hydrogen (secondary N) is 1. The summed E-state index contributed by atoms with van der Waals surface area (Å²) in [5.74, 6) is 0.659. The molecule has 0 saturated carbocycles. The summed E-state index contributed by atoms with van der Waals surface area (Å²) in [6, 6.07) is 19.0. The zero-order chi connectivity index (χ0) is 21.5. The van der Waals surface area contributed by atoms with Crippen molar-refractivity contribution in [3.8, 4) is 11.8 Å². The maximum absolute atomic E-state index is 12.7. The Morgan fingerprint density at radius 2 is 1.57 bits per heavy atom. The number of ether oxygens (including phenoxy) is 1. The second-order valence-corrected chi connectivity index (χ2v) is 6.85. The second-order valence-electron chi connectivity index (χ2n) is 6.85. The van der Waals surface area contributed by atoms with E-state index in [-0.39, 0.29) is 30.1 Å². The lowest BCUT2D eigenvalue weighted by molar-refractivity contribution is -0.124. The molecule has 0 bridgehead atoms. The monoisotopic (exact) mass is 404 g/mol. The number of carbonyl (C=O) groups excluding carboxylic acids is 2. The number of amides is 1. The van der Waals surface area contributed by atoms with Crippen LogP contribution in [0.1, 0.15) is 12.8 Å². The number of fused-ring (bicyclic) bond motifs is 1. The smallest absolute Gasteiger partial charge is 0.220 e. The number of anilines is 2. The summed E-state index contributed by atoms with van der Waals surface area (Å²) in [6.45, 7) is 0.680. The van der Waals surface area contributed by atoms with E-state index in [2.05, 4.69) is 5.32 Å². The third kappa shape index (κ3) is 4.61. The molecule has 154 valence electrons. The number of benzene rings is 2. The van der Waals surface area contributed by atoms with E-state index in [4.69, 9.17) is 4.74 Å². The first-order valence-corrected chi connectivity index (χ1v) is 9.71. The van der Waals surface area contributed by atoms with Crippen molar-refractivity contribution in [3.63, 3.8) is 0 Å². The lowest BCUT2D eigenvalue weighted by Crippen LogP contribution is -2.29. The van der Waals surface area contributed by atoms with E-state index >= 15 is 0 Å². The van der Waals surface area contributed by atoms with Crippen LogP contribution in [0, 0.1) is 11.3 Å². The molecular formula is C23H24N4O3. The predicted molar refractivity (Wildman–Crippen MR) is 115 cm³/mol. The molecule has 1 N–H and O–H groups in total. The summed E-state index contributed by atoms with van der Waals surface area (Å²) in [7, 11) is 3.64. The van der Waals surface area contributed by atoms with Crippen LogP contribution in [0.25, 0.3) is 0 Å². The van der Waals surface area contributed by atoms with E-state index in [9.17, 15) is 14.9 Å². The minimum absolute atomic E-state index is 0.0169. The van der Waals surface area contributed by atoms with E-state index < -0.39 is 0 Å². The van der Waals surface area contributed by atoms with Gasteiger partial charge in [-0.2, -0.15) is 5.26 Å². The van der Waals surface area contributed by atoms with Gasteiger partial charge >= 0.3 is 0 Å². The highest BCUT2D eigenvalue weighted by Crippen LogP contribution is 2.40. The lowest BCUT2D eigenvalue weighted by atomic mass is 10.1. The van der Waals surface area contributed by atoms with Crippen molar-refractivity contribution < 1.29 is 14.3 Å². The number of hydrogen-bond acceptors (Lipinski definition) is 6. The van der Waals surface area contributed by atoms with E-state index in [1.165, 1.54) is 0 Å². The fourth-order valence-corrected chi connectivity index (χ4v) is 3.37. The normalized spacial score (nSPS) is 12.2. The fraction of sp³-hybridized carbons (Fsp3) is 0.261. The highest BCUT2D eigenvalue weighted by molar-refractivity contribution is 6.03. The van der Waals surface area contributed by atoms with Crippen molar-refractivity contribution in [2.45, 2.75) is 12.8 Å². The van der Waals surface area contributed by atoms with E-state index in [1.807, 2.05) is 84.6 Å². The molecule has 2 aromatic rings. The topological polar surface area (TPSA) is 85.7 Å². The van der Waals surface area contributed by atoms with Crippen LogP contribution >= 0.6 is 0 Å². The van der Waals surface area contributed by atoms with Crippen molar-refractivity contribution >= 4 is 23.1 Å². The average Bonchev–Trinajstić information content (AvgIpc) is 3.02. The Bertz CT molecular complexity index is 964. The number of para-hydroxylation sites is 3. The molecule has 1 amide bonds. The number of nitrogens with zero attached hydrogens (tertiary/aromatic N) is 3. The molecule has 7 nitrogen and oxygen atoms in total. The van der Waals surface area contributed by atoms with Crippen LogP contribution in [0.2, 0.25) is 0 Å². The maximum atomic E-state index is 12.7. The van der Waals surface area contributed by atoms with E-state index in [0.717, 1.165) is 17.1 Å². The third-order valence-corrected chi connectivity index (χ3v) is 4.87. The van der Waals surface area contributed by atoms with Crippen molar-refractivity contribution in [1.82, 2.24) is 5.32 Å². The number of ketones is 1. The minimum Gasteiger partial charge on any atom is -0.492 e. The minimum atomic E-state index is -0.352. The molecule has 3 rings (SSSR count). The Kier molecular flexibility index (Phi) is 6.71. The van der Waals surface area contributed by atoms with Crippen molar-refractivity contribution in [2.24, 2.45) is 0 Å². The van der Waals surface area contributed by atoms with Gasteiger partial charge in [-0.3, -0.25) is 9.59 Å². The van der Waals surface area contributed by atoms with E-state index in [0.29, 0.717) is 19.0 Å². The van der Waals surface area contributed by atoms with Crippen molar-refractivity contribution in [2.75, 3.05) is 37.0 Å². The molecule has 1 aliphatic heterocycles. The van der Waals surface area contributed by atoms with Crippen LogP contribution in [0.4, 0.5) is 11.4 Å². The zero-order valence-electron chi connectivity index (χ0n) is 17.1. The SMILES string of the molecule is CN1C(=C(C#N)C(=O)CCC(=O)NCCOc2ccccc2)N(C)c2ccccc21. The van der Waals surface area contributed by atoms with Crippen molar-refractivity contribution in [3.05, 3.63) is 66.0 Å². The maximum Gasteiger partial charge on any atom is 0.220 e. The highest BCUT2D eigenvalue weighted by Gasteiger charge is 2.31. The summed E-state index contributed by atoms with van der Waals surface area (Å²) >= 11 is 0. The van der Waals surface area contributed by atoms with Gasteiger partial charge in [0.25, 0.3) is 0 Å². The quantitative estimate of drug-likeness (QED) is 0.414. The van der Waals surface area contributed by atoms with Gasteiger partial charge in [0.15, 0.2) is 5.78 Å². The molecule has 0 saturated heterocycles. The Balaban J connectivity index is 1.53. The van der Waals surface area contributed by atoms with Crippen LogP contribution in [0.3, 0.4) is 0 Å². The molecule has 0 spiro atoms. The fourth-order valence-electron chi connectivity index (χ4n) is 3.37. The lowest BCUT2D eigenvalue weighted by Gasteiger charge is -2.19. The van der Waals surface area contributed by atoms with Crippen LogP contribution in [0.5, 0.6) is 5.75 Å². The largest absolute Gasteiger partial charge is 0.492 e. The number of Topliss-reactive ketones (excluding diaryl/α,β-unsaturated/α-hetero) is 1. The van der Waals surface area contributed by atoms with Crippen LogP contribution < -0.4 is 19.9 Å². The Morgan fingerprint density at radius 1 is 0.967 bits per heavy atom. The summed E-state index contributed by atoms with van der Waals surface area (Å²) < 4.78 is 5.52. The second kappa shape index (κ2) is 9.61. The summed E-state index contributed by atoms with van der Waals surface area (Å²) in [6.07, 6.45) is -0.0151. The van der Waals surface area contributed by atoms with Gasteiger partial charge in [-0.05, 0) is 24.3 Å². The first-order valence-electron chi connectivity index (χ1n) is 9.71. The van der Waals surface area contributed by atoms with Gasteiger partial charge < -0.3 is 19.9 Å². The average molecular weight is 404 g/mol. The molecule has 7 heteroatoms. The number of rotatable bonds is 8. The van der Waals surface area contributed by atoms with Crippen LogP contribution in [0.15, 0.2) is 66.0 Å². The Morgan fingerprint density at radius 3 is 2.17 bits per heavy atom. The number of hydrogen-bond donors (Lipinski definition) is 1. The van der Waals surface area contributed by atoms with Crippen LogP contribution in [-0.2, 0) is 9.59 Å². The highest BCUT2D eigenvalue weighted by atomic mass is 16.5. The molecule has 0 unspecified atom stereocenters. The Labute approximate surface area is 176 Å². The van der Waals surface area contributed by atoms with Gasteiger partial charge in [0.05, 0.1) is 17.9 Å². The predicted octanol–water partition coefficient (Wildman–Crippen LogP) is 2.85. The summed E-state index contributed by atoms with van der Waals surface area (Å²) in [5.41, 5.74) is 1.90. The summed E-state index contributed by atoms with van der Waals surface area (Å²) in [4.78, 5) is 28.4. The van der Waals surface area contributed by atoms with Gasteiger partial charge in [0.1, 0.15) is 29.8 Å². The zero-order valence-corrected chi connectivity index (χ0v) is 17.1. The van der Waals surface area contributed by atoms with E-state index in [1.54, 1.807) is 0 Å². The number of carbonyl (C=O) groups is 2. The number of nitriles is 1. The van der Waals surface area contributed by atoms with Gasteiger partial charge in [-0.1, -0.05) is 30.3 Å². The standard InChI is InChI=1S/C23H24N4O3/c1-26-19-10-6-7-11-20(19)27(2)23(26)18(16-24)21(28)12-13-22(29)25-14-15-30-17-8-4-3-5-9-17/h3-11H,12-15H2,1-2H3,(H,25,29). The molecule has 1 heterocycles. The van der Waals surface area contributed by atoms with Gasteiger partial charge in [-0.25, -0.2) is 0 Å². The molecule has 0 atom stereocenters. The first kappa shape index (κ1) is 20.9. The Hall–Kier alpha value is -3.79. The molecule has 1 aliphatic rings. The summed E-state index contributed by atoms with van der Waals surface area (Å²) in [5, 5.41) is 12.3. The van der Waals surface area contributed by atoms with Gasteiger partial charge in [-0.15, -0.1) is 0 Å².